The van der Waals surface area contributed by atoms with Gasteiger partial charge in [-0.1, -0.05) is 44.2 Å². The van der Waals surface area contributed by atoms with Gasteiger partial charge in [0.2, 0.25) is 17.7 Å². The Balaban J connectivity index is 1.56. The average Bonchev–Trinajstić information content (AvgIpc) is 3.78. The van der Waals surface area contributed by atoms with Crippen LogP contribution in [-0.4, -0.2) is 107 Å². The molecule has 1 saturated carbocycles. The Morgan fingerprint density at radius 3 is 2.23 bits per heavy atom. The first kappa shape index (κ1) is 44.3. The number of aromatic nitrogens is 1. The average molecular weight is 801 g/mol. The lowest BCUT2D eigenvalue weighted by Crippen LogP contribution is -2.59. The van der Waals surface area contributed by atoms with Crippen LogP contribution in [0.3, 0.4) is 0 Å². The molecule has 1 aliphatic carbocycles. The largest absolute Gasteiger partial charge is 0.497 e. The number of likely N-dealkylation sites (N-methyl/N-ethyl adjacent to an activating group) is 1. The molecular weight excluding hydrogens is 741 g/mol. The van der Waals surface area contributed by atoms with Gasteiger partial charge in [0.05, 0.1) is 30.9 Å². The van der Waals surface area contributed by atoms with Crippen molar-refractivity contribution < 1.29 is 43.3 Å². The third-order valence-electron chi connectivity index (χ3n) is 9.95. The van der Waals surface area contributed by atoms with Crippen molar-refractivity contribution in [1.82, 2.24) is 31.2 Å². The van der Waals surface area contributed by atoms with Gasteiger partial charge >= 0.3 is 12.2 Å². The molecule has 56 heavy (non-hydrogen) atoms. The summed E-state index contributed by atoms with van der Waals surface area (Å²) >= 11 is 1.35. The summed E-state index contributed by atoms with van der Waals surface area (Å²) in [5.41, 5.74) is 1.17. The summed E-state index contributed by atoms with van der Waals surface area (Å²) in [6, 6.07) is 4.04. The summed E-state index contributed by atoms with van der Waals surface area (Å²) in [5, 5.41) is 24.9. The molecule has 16 heteroatoms. The highest BCUT2D eigenvalue weighted by Crippen LogP contribution is 2.29. The second kappa shape index (κ2) is 20.1. The monoisotopic (exact) mass is 800 g/mol. The number of cyclic esters (lactones) is 1. The molecule has 2 aliphatic rings. The van der Waals surface area contributed by atoms with Crippen LogP contribution in [-0.2, 0) is 36.7 Å². The maximum atomic E-state index is 14.3. The van der Waals surface area contributed by atoms with E-state index in [4.69, 9.17) is 14.2 Å². The van der Waals surface area contributed by atoms with Crippen molar-refractivity contribution in [1.29, 1.82) is 0 Å². The molecule has 0 bridgehead atoms. The number of ether oxygens (including phenoxy) is 3. The first-order chi connectivity index (χ1) is 26.4. The molecule has 2 heterocycles. The van der Waals surface area contributed by atoms with Gasteiger partial charge in [0, 0.05) is 36.7 Å². The molecule has 2 fully saturated rings. The van der Waals surface area contributed by atoms with Gasteiger partial charge in [-0.2, -0.15) is 0 Å². The fourth-order valence-corrected chi connectivity index (χ4v) is 7.65. The second-order valence-corrected chi connectivity index (χ2v) is 17.1. The smallest absolute Gasteiger partial charge is 0.410 e. The Labute approximate surface area is 334 Å². The number of hydrogen-bond acceptors (Lipinski definition) is 11. The number of alkyl carbamates (subject to hydrolysis) is 1. The number of carbonyl (C=O) groups is 5. The molecule has 1 aromatic heterocycles. The number of nitrogens with zero attached hydrogens (tertiary/aromatic N) is 2. The zero-order valence-corrected chi connectivity index (χ0v) is 34.5. The van der Waals surface area contributed by atoms with Crippen molar-refractivity contribution in [3.05, 3.63) is 46.4 Å². The Hall–Kier alpha value is -4.44. The maximum Gasteiger partial charge on any atom is 0.410 e. The van der Waals surface area contributed by atoms with Gasteiger partial charge in [-0.3, -0.25) is 14.4 Å². The highest BCUT2D eigenvalue weighted by molar-refractivity contribution is 7.07. The quantitative estimate of drug-likeness (QED) is 0.145. The summed E-state index contributed by atoms with van der Waals surface area (Å²) in [4.78, 5) is 72.9. The van der Waals surface area contributed by atoms with E-state index in [1.54, 1.807) is 76.9 Å². The van der Waals surface area contributed by atoms with Crippen molar-refractivity contribution in [3.63, 3.8) is 0 Å². The number of rotatable bonds is 18. The van der Waals surface area contributed by atoms with E-state index < -0.39 is 71.4 Å². The van der Waals surface area contributed by atoms with Crippen LogP contribution in [0.2, 0.25) is 0 Å². The number of hydrogen-bond donors (Lipinski definition) is 5. The lowest BCUT2D eigenvalue weighted by molar-refractivity contribution is -0.133. The maximum absolute atomic E-state index is 14.3. The van der Waals surface area contributed by atoms with Gasteiger partial charge < -0.3 is 45.5 Å². The molecule has 5 amide bonds. The minimum atomic E-state index is -1.18. The number of aliphatic hydroxyl groups excluding tert-OH is 1. The van der Waals surface area contributed by atoms with Crippen LogP contribution in [0.4, 0.5) is 9.59 Å². The molecule has 15 nitrogen and oxygen atoms in total. The summed E-state index contributed by atoms with van der Waals surface area (Å²) < 4.78 is 16.2. The van der Waals surface area contributed by atoms with Crippen LogP contribution in [0.1, 0.15) is 97.7 Å². The molecule has 0 radical (unpaired) electrons. The number of carbonyl (C=O) groups excluding carboxylic acids is 5. The van der Waals surface area contributed by atoms with E-state index in [-0.39, 0.29) is 31.7 Å². The molecule has 310 valence electrons. The minimum Gasteiger partial charge on any atom is -0.497 e. The van der Waals surface area contributed by atoms with Gasteiger partial charge in [-0.05, 0) is 71.6 Å². The van der Waals surface area contributed by atoms with Gasteiger partial charge in [0.1, 0.15) is 35.6 Å². The van der Waals surface area contributed by atoms with Crippen molar-refractivity contribution in [3.8, 4) is 5.75 Å². The lowest BCUT2D eigenvalue weighted by Gasteiger charge is -2.33. The number of methoxy groups -OCH3 is 1. The van der Waals surface area contributed by atoms with E-state index in [0.717, 1.165) is 37.7 Å². The third kappa shape index (κ3) is 13.9. The van der Waals surface area contributed by atoms with Crippen LogP contribution in [0, 0.1) is 5.92 Å². The lowest BCUT2D eigenvalue weighted by atomic mass is 9.83. The zero-order valence-electron chi connectivity index (χ0n) is 33.7. The standard InChI is InChI=1S/C40H60N6O9S/c1-8-46-22-32(54-38(46)52)34(48)29(18-25-12-10-9-11-13-25)43-36(50)31(20-27-23-56-24-41-27)44-35(49)30(19-26-14-16-28(53-7)17-15-26)42-33(47)21-40(5,6)45-37(51)55-39(2,3)4/h14-17,23-25,29-32,34,48H,8-13,18-22H2,1-7H3,(H,42,47)(H,43,50)(H,44,49)(H,45,51)/t29-,30-,31-,32-,34+/m0/s1. The fourth-order valence-electron chi connectivity index (χ4n) is 7.08. The molecule has 1 saturated heterocycles. The summed E-state index contributed by atoms with van der Waals surface area (Å²) in [6.07, 6.45) is 2.39. The van der Waals surface area contributed by atoms with Crippen LogP contribution >= 0.6 is 11.3 Å². The predicted octanol–water partition coefficient (Wildman–Crippen LogP) is 4.26. The van der Waals surface area contributed by atoms with Crippen LogP contribution in [0.15, 0.2) is 35.2 Å². The molecule has 5 N–H and O–H groups in total. The molecule has 2 aromatic rings. The predicted molar refractivity (Wildman–Crippen MR) is 211 cm³/mol. The molecule has 0 spiro atoms. The SMILES string of the molecule is CCN1C[C@@H]([C@H](O)[C@H](CC2CCCCC2)NC(=O)[C@H](Cc2cscn2)NC(=O)[C@H](Cc2ccc(OC)cc2)NC(=O)CC(C)(C)NC(=O)OC(C)(C)C)OC1=O. The minimum absolute atomic E-state index is 0.0470. The zero-order chi connectivity index (χ0) is 41.0. The number of thiazole rings is 1. The Morgan fingerprint density at radius 2 is 1.64 bits per heavy atom. The highest BCUT2D eigenvalue weighted by atomic mass is 32.1. The van der Waals surface area contributed by atoms with Gasteiger partial charge in [0.25, 0.3) is 0 Å². The van der Waals surface area contributed by atoms with E-state index in [2.05, 4.69) is 26.3 Å². The summed E-state index contributed by atoms with van der Waals surface area (Å²) in [5.74, 6) is -0.792. The first-order valence-corrected chi connectivity index (χ1v) is 20.4. The number of nitrogens with one attached hydrogen (secondary N) is 4. The fraction of sp³-hybridized carbons (Fsp3) is 0.650. The number of benzene rings is 1. The van der Waals surface area contributed by atoms with Crippen LogP contribution in [0.25, 0.3) is 0 Å². The van der Waals surface area contributed by atoms with E-state index in [1.165, 1.54) is 16.2 Å². The molecule has 0 unspecified atom stereocenters. The molecule has 1 aliphatic heterocycles. The van der Waals surface area contributed by atoms with Gasteiger partial charge in [-0.15, -0.1) is 11.3 Å². The third-order valence-corrected chi connectivity index (χ3v) is 10.6. The van der Waals surface area contributed by atoms with E-state index in [1.807, 2.05) is 6.92 Å². The first-order valence-electron chi connectivity index (χ1n) is 19.5. The normalized spacial score (nSPS) is 18.5. The molecule has 1 aromatic carbocycles. The van der Waals surface area contributed by atoms with Crippen molar-refractivity contribution >= 4 is 41.2 Å². The Morgan fingerprint density at radius 1 is 0.982 bits per heavy atom. The number of amides is 5. The van der Waals surface area contributed by atoms with Crippen molar-refractivity contribution in [2.45, 2.75) is 141 Å². The molecule has 4 rings (SSSR count). The van der Waals surface area contributed by atoms with Crippen molar-refractivity contribution in [2.75, 3.05) is 20.2 Å². The van der Waals surface area contributed by atoms with Crippen LogP contribution < -0.4 is 26.0 Å². The molecule has 5 atom stereocenters. The number of aliphatic hydroxyl groups is 1. The highest BCUT2D eigenvalue weighted by Gasteiger charge is 2.41. The summed E-state index contributed by atoms with van der Waals surface area (Å²) in [6.45, 7) is 11.0. The van der Waals surface area contributed by atoms with E-state index in [9.17, 15) is 29.1 Å². The van der Waals surface area contributed by atoms with Gasteiger partial charge in [-0.25, -0.2) is 14.6 Å². The Bertz CT molecular complexity index is 1610. The van der Waals surface area contributed by atoms with E-state index in [0.29, 0.717) is 24.4 Å². The molecular formula is C40H60N6O9S. The van der Waals surface area contributed by atoms with Gasteiger partial charge in [0.15, 0.2) is 0 Å². The van der Waals surface area contributed by atoms with Crippen molar-refractivity contribution in [2.24, 2.45) is 5.92 Å². The van der Waals surface area contributed by atoms with E-state index >= 15 is 0 Å². The second-order valence-electron chi connectivity index (χ2n) is 16.4. The Kier molecular flexibility index (Phi) is 15.9. The van der Waals surface area contributed by atoms with Crippen LogP contribution in [0.5, 0.6) is 5.75 Å². The summed E-state index contributed by atoms with van der Waals surface area (Å²) in [7, 11) is 1.55. The topological polar surface area (TPSA) is 198 Å².